The number of rotatable bonds is 11. The molecule has 1 fully saturated rings. The molecule has 4 heteroatoms. The highest BCUT2D eigenvalue weighted by Gasteiger charge is 2.49. The van der Waals surface area contributed by atoms with Crippen LogP contribution in [-0.2, 0) is 23.1 Å². The fraction of sp³-hybridized carbons (Fsp3) is 0.367. The Bertz CT molecular complexity index is 994. The molecule has 4 nitrogen and oxygen atoms in total. The largest absolute Gasteiger partial charge is 0.369 e. The number of nitrogens with one attached hydrogen (secondary N) is 1. The van der Waals surface area contributed by atoms with Gasteiger partial charge in [0.25, 0.3) is 0 Å². The number of amides is 1. The number of nitrogens with zero attached hydrogens (tertiary/aromatic N) is 1. The molecule has 1 aliphatic rings. The Kier molecular flexibility index (Phi) is 8.15. The average molecular weight is 456 g/mol. The minimum Gasteiger partial charge on any atom is -0.369 e. The zero-order valence-corrected chi connectivity index (χ0v) is 20.2. The van der Waals surface area contributed by atoms with Gasteiger partial charge in [-0.25, -0.2) is 0 Å². The predicted octanol–water partition coefficient (Wildman–Crippen LogP) is 4.17. The second-order valence-corrected chi connectivity index (χ2v) is 9.36. The minimum atomic E-state index is -0.814. The lowest BCUT2D eigenvalue weighted by Gasteiger charge is -2.37. The molecule has 4 rings (SSSR count). The van der Waals surface area contributed by atoms with Crippen LogP contribution in [0.4, 0.5) is 0 Å². The Balaban J connectivity index is 1.47. The Labute approximate surface area is 204 Å². The van der Waals surface area contributed by atoms with Crippen molar-refractivity contribution in [3.63, 3.8) is 0 Å². The van der Waals surface area contributed by atoms with Crippen molar-refractivity contribution in [3.8, 4) is 0 Å². The molecule has 0 saturated carbocycles. The van der Waals surface area contributed by atoms with Crippen molar-refractivity contribution < 1.29 is 4.79 Å². The molecule has 1 aliphatic heterocycles. The molecule has 3 aromatic carbocycles. The van der Waals surface area contributed by atoms with Gasteiger partial charge in [-0.05, 0) is 67.1 Å². The van der Waals surface area contributed by atoms with Crippen LogP contribution in [0.3, 0.4) is 0 Å². The van der Waals surface area contributed by atoms with E-state index in [0.29, 0.717) is 0 Å². The second-order valence-electron chi connectivity index (χ2n) is 9.36. The van der Waals surface area contributed by atoms with Crippen LogP contribution < -0.4 is 11.1 Å². The molecule has 1 atom stereocenters. The number of primary amides is 1. The minimum absolute atomic E-state index is 0.142. The Morgan fingerprint density at radius 2 is 1.47 bits per heavy atom. The van der Waals surface area contributed by atoms with Crippen LogP contribution in [0.25, 0.3) is 0 Å². The third kappa shape index (κ3) is 5.24. The molecule has 0 spiro atoms. The van der Waals surface area contributed by atoms with Crippen molar-refractivity contribution in [3.05, 3.63) is 107 Å². The van der Waals surface area contributed by atoms with E-state index in [0.717, 1.165) is 63.1 Å². The van der Waals surface area contributed by atoms with Gasteiger partial charge in [-0.3, -0.25) is 4.79 Å². The highest BCUT2D eigenvalue weighted by molar-refractivity contribution is 5.91. The topological polar surface area (TPSA) is 58.4 Å². The fourth-order valence-corrected chi connectivity index (χ4v) is 5.48. The third-order valence-electron chi connectivity index (χ3n) is 7.31. The summed E-state index contributed by atoms with van der Waals surface area (Å²) in [6.07, 6.45) is 3.03. The summed E-state index contributed by atoms with van der Waals surface area (Å²) < 4.78 is 0. The number of hydrogen-bond donors (Lipinski definition) is 2. The van der Waals surface area contributed by atoms with Gasteiger partial charge in [0.05, 0.1) is 0 Å². The second kappa shape index (κ2) is 11.5. The molecule has 1 unspecified atom stereocenters. The lowest BCUT2D eigenvalue weighted by Crippen LogP contribution is -2.49. The van der Waals surface area contributed by atoms with Crippen molar-refractivity contribution in [1.29, 1.82) is 0 Å². The quantitative estimate of drug-likeness (QED) is 0.427. The van der Waals surface area contributed by atoms with E-state index in [1.807, 2.05) is 36.4 Å². The van der Waals surface area contributed by atoms with E-state index in [1.165, 1.54) is 11.1 Å². The maximum atomic E-state index is 13.2. The first-order chi connectivity index (χ1) is 16.6. The van der Waals surface area contributed by atoms with Crippen LogP contribution in [0, 0.1) is 5.92 Å². The maximum absolute atomic E-state index is 13.2. The molecule has 3 N–H and O–H groups in total. The maximum Gasteiger partial charge on any atom is 0.232 e. The zero-order valence-electron chi connectivity index (χ0n) is 20.2. The van der Waals surface area contributed by atoms with Crippen LogP contribution >= 0.6 is 0 Å². The van der Waals surface area contributed by atoms with Gasteiger partial charge < -0.3 is 16.0 Å². The van der Waals surface area contributed by atoms with Gasteiger partial charge in [-0.1, -0.05) is 91.9 Å². The van der Waals surface area contributed by atoms with E-state index < -0.39 is 5.41 Å². The van der Waals surface area contributed by atoms with Crippen molar-refractivity contribution >= 4 is 5.91 Å². The summed E-state index contributed by atoms with van der Waals surface area (Å²) in [6.45, 7) is 7.02. The molecule has 178 valence electrons. The Morgan fingerprint density at radius 1 is 0.912 bits per heavy atom. The first-order valence-electron chi connectivity index (χ1n) is 12.6. The molecule has 1 heterocycles. The van der Waals surface area contributed by atoms with Crippen LogP contribution in [0.2, 0.25) is 0 Å². The van der Waals surface area contributed by atoms with Gasteiger partial charge in [0.15, 0.2) is 0 Å². The lowest BCUT2D eigenvalue weighted by molar-refractivity contribution is -0.123. The molecule has 1 saturated heterocycles. The Morgan fingerprint density at radius 3 is 2.00 bits per heavy atom. The van der Waals surface area contributed by atoms with E-state index >= 15 is 0 Å². The average Bonchev–Trinajstić information content (AvgIpc) is 3.34. The highest BCUT2D eigenvalue weighted by atomic mass is 16.1. The number of carbonyl (C=O) groups excluding carboxylic acids is 1. The van der Waals surface area contributed by atoms with Gasteiger partial charge >= 0.3 is 0 Å². The van der Waals surface area contributed by atoms with Crippen molar-refractivity contribution in [1.82, 2.24) is 10.2 Å². The standard InChI is InChI=1S/C30H37N3O/c1-2-32-20-17-24-13-15-25(16-14-24)18-21-33-22-19-28(23-33)30(29(31)34,26-9-5-3-6-10-26)27-11-7-4-8-12-27/h3-16,28,32H,2,17-23H2,1H3,(H2,31,34). The summed E-state index contributed by atoms with van der Waals surface area (Å²) in [5.74, 6) is -0.117. The van der Waals surface area contributed by atoms with Crippen molar-refractivity contribution in [2.45, 2.75) is 31.6 Å². The van der Waals surface area contributed by atoms with Crippen molar-refractivity contribution in [2.75, 3.05) is 32.7 Å². The number of hydrogen-bond acceptors (Lipinski definition) is 3. The first-order valence-corrected chi connectivity index (χ1v) is 12.6. The normalized spacial score (nSPS) is 16.6. The number of nitrogens with two attached hydrogens (primary N) is 1. The van der Waals surface area contributed by atoms with Crippen LogP contribution in [0.1, 0.15) is 35.6 Å². The summed E-state index contributed by atoms with van der Waals surface area (Å²) in [5, 5.41) is 3.38. The molecule has 34 heavy (non-hydrogen) atoms. The first kappa shape index (κ1) is 24.2. The van der Waals surface area contributed by atoms with Crippen molar-refractivity contribution in [2.24, 2.45) is 11.7 Å². The van der Waals surface area contributed by atoms with Gasteiger partial charge in [0, 0.05) is 13.1 Å². The summed E-state index contributed by atoms with van der Waals surface area (Å²) in [6, 6.07) is 29.2. The predicted molar refractivity (Wildman–Crippen MR) is 140 cm³/mol. The van der Waals surface area contributed by atoms with Crippen LogP contribution in [-0.4, -0.2) is 43.5 Å². The molecule has 0 aromatic heterocycles. The van der Waals surface area contributed by atoms with E-state index in [2.05, 4.69) is 65.7 Å². The van der Waals surface area contributed by atoms with Crippen LogP contribution in [0.5, 0.6) is 0 Å². The number of likely N-dealkylation sites (tertiary alicyclic amines) is 1. The molecular formula is C30H37N3O. The van der Waals surface area contributed by atoms with E-state index in [9.17, 15) is 4.79 Å². The van der Waals surface area contributed by atoms with E-state index in [4.69, 9.17) is 5.73 Å². The molecular weight excluding hydrogens is 418 g/mol. The lowest BCUT2D eigenvalue weighted by atomic mass is 9.64. The summed E-state index contributed by atoms with van der Waals surface area (Å²) >= 11 is 0. The number of benzene rings is 3. The van der Waals surface area contributed by atoms with E-state index in [1.54, 1.807) is 0 Å². The van der Waals surface area contributed by atoms with Gasteiger partial charge in [-0.15, -0.1) is 0 Å². The molecule has 0 radical (unpaired) electrons. The molecule has 1 amide bonds. The molecule has 0 bridgehead atoms. The monoisotopic (exact) mass is 455 g/mol. The summed E-state index contributed by atoms with van der Waals surface area (Å²) in [5.41, 5.74) is 10.1. The number of carbonyl (C=O) groups is 1. The van der Waals surface area contributed by atoms with Gasteiger partial charge in [-0.2, -0.15) is 0 Å². The van der Waals surface area contributed by atoms with E-state index in [-0.39, 0.29) is 11.8 Å². The third-order valence-corrected chi connectivity index (χ3v) is 7.31. The van der Waals surface area contributed by atoms with Gasteiger partial charge in [0.1, 0.15) is 5.41 Å². The van der Waals surface area contributed by atoms with Crippen LogP contribution in [0.15, 0.2) is 84.9 Å². The smallest absolute Gasteiger partial charge is 0.232 e. The molecule has 3 aromatic rings. The van der Waals surface area contributed by atoms with Gasteiger partial charge in [0.2, 0.25) is 5.91 Å². The number of likely N-dealkylation sites (N-methyl/N-ethyl adjacent to an activating group) is 1. The Hall–Kier alpha value is -2.95. The summed E-state index contributed by atoms with van der Waals surface area (Å²) in [4.78, 5) is 15.7. The SMILES string of the molecule is CCNCCc1ccc(CCN2CCC(C(C(N)=O)(c3ccccc3)c3ccccc3)C2)cc1. The highest BCUT2D eigenvalue weighted by Crippen LogP contribution is 2.43. The molecule has 0 aliphatic carbocycles. The summed E-state index contributed by atoms with van der Waals surface area (Å²) in [7, 11) is 0. The zero-order chi connectivity index (χ0) is 23.8. The fourth-order valence-electron chi connectivity index (χ4n) is 5.48.